The molecule has 0 bridgehead atoms. The molecule has 0 N–H and O–H groups in total. The molecule has 2 aliphatic rings. The minimum absolute atomic E-state index is 0.0935. The average molecular weight is 320 g/mol. The molecule has 1 spiro atoms. The molecule has 0 aromatic carbocycles. The van der Waals surface area contributed by atoms with E-state index >= 15 is 0 Å². The third-order valence-electron chi connectivity index (χ3n) is 5.21. The molecular formula is C15H24N6O2. The van der Waals surface area contributed by atoms with Gasteiger partial charge in [-0.1, -0.05) is 0 Å². The Labute approximate surface area is 135 Å². The molecule has 0 unspecified atom stereocenters. The SMILES string of the molecule is CCN1CC2(CCN(C(=O)CCn3nnnc3C)CC2)CC1=O. The molecule has 0 atom stereocenters. The Morgan fingerprint density at radius 2 is 2.04 bits per heavy atom. The Balaban J connectivity index is 1.50. The Morgan fingerprint density at radius 3 is 2.61 bits per heavy atom. The Morgan fingerprint density at radius 1 is 1.30 bits per heavy atom. The number of carbonyl (C=O) groups is 2. The van der Waals surface area contributed by atoms with Crippen LogP contribution in [0.2, 0.25) is 0 Å². The topological polar surface area (TPSA) is 84.2 Å². The van der Waals surface area contributed by atoms with Crippen molar-refractivity contribution in [3.63, 3.8) is 0 Å². The van der Waals surface area contributed by atoms with Crippen molar-refractivity contribution in [1.82, 2.24) is 30.0 Å². The van der Waals surface area contributed by atoms with Gasteiger partial charge in [0.1, 0.15) is 5.82 Å². The van der Waals surface area contributed by atoms with E-state index in [9.17, 15) is 9.59 Å². The molecule has 23 heavy (non-hydrogen) atoms. The predicted octanol–water partition coefficient (Wildman–Crippen LogP) is 0.233. The van der Waals surface area contributed by atoms with Crippen LogP contribution in [-0.2, 0) is 16.1 Å². The van der Waals surface area contributed by atoms with E-state index in [4.69, 9.17) is 0 Å². The van der Waals surface area contributed by atoms with Crippen LogP contribution in [0.5, 0.6) is 0 Å². The van der Waals surface area contributed by atoms with Gasteiger partial charge in [0.05, 0.1) is 6.54 Å². The van der Waals surface area contributed by atoms with E-state index in [1.807, 2.05) is 23.6 Å². The molecule has 1 aromatic rings. The van der Waals surface area contributed by atoms with Crippen molar-refractivity contribution in [1.29, 1.82) is 0 Å². The van der Waals surface area contributed by atoms with Gasteiger partial charge in [0, 0.05) is 44.4 Å². The summed E-state index contributed by atoms with van der Waals surface area (Å²) >= 11 is 0. The molecule has 3 rings (SSSR count). The molecule has 2 aliphatic heterocycles. The van der Waals surface area contributed by atoms with Crippen molar-refractivity contribution < 1.29 is 9.59 Å². The van der Waals surface area contributed by atoms with Gasteiger partial charge in [-0.15, -0.1) is 5.10 Å². The summed E-state index contributed by atoms with van der Waals surface area (Å²) in [6.45, 7) is 7.50. The molecule has 1 aromatic heterocycles. The third kappa shape index (κ3) is 3.20. The van der Waals surface area contributed by atoms with Crippen LogP contribution in [-0.4, -0.2) is 68.0 Å². The first-order chi connectivity index (χ1) is 11.0. The van der Waals surface area contributed by atoms with Crippen LogP contribution in [0.4, 0.5) is 0 Å². The summed E-state index contributed by atoms with van der Waals surface area (Å²) in [5.41, 5.74) is 0.0935. The normalized spacial score (nSPS) is 20.5. The maximum Gasteiger partial charge on any atom is 0.224 e. The summed E-state index contributed by atoms with van der Waals surface area (Å²) in [7, 11) is 0. The lowest BCUT2D eigenvalue weighted by molar-refractivity contribution is -0.133. The third-order valence-corrected chi connectivity index (χ3v) is 5.21. The number of hydrogen-bond donors (Lipinski definition) is 0. The Kier molecular flexibility index (Phi) is 4.32. The first kappa shape index (κ1) is 15.9. The minimum atomic E-state index is 0.0935. The van der Waals surface area contributed by atoms with Crippen LogP contribution in [0, 0.1) is 12.3 Å². The number of likely N-dealkylation sites (tertiary alicyclic amines) is 2. The molecule has 3 heterocycles. The van der Waals surface area contributed by atoms with Gasteiger partial charge in [-0.05, 0) is 37.1 Å². The van der Waals surface area contributed by atoms with E-state index in [-0.39, 0.29) is 17.2 Å². The second-order valence-electron chi connectivity index (χ2n) is 6.66. The second-order valence-corrected chi connectivity index (χ2v) is 6.66. The quantitative estimate of drug-likeness (QED) is 0.793. The van der Waals surface area contributed by atoms with Crippen molar-refractivity contribution in [3.05, 3.63) is 5.82 Å². The fourth-order valence-electron chi connectivity index (χ4n) is 3.65. The first-order valence-corrected chi connectivity index (χ1v) is 8.31. The number of aromatic nitrogens is 4. The summed E-state index contributed by atoms with van der Waals surface area (Å²) < 4.78 is 1.65. The monoisotopic (exact) mass is 320 g/mol. The zero-order valence-corrected chi connectivity index (χ0v) is 13.9. The van der Waals surface area contributed by atoms with Crippen LogP contribution in [0.25, 0.3) is 0 Å². The smallest absolute Gasteiger partial charge is 0.224 e. The molecule has 8 heteroatoms. The number of hydrogen-bond acceptors (Lipinski definition) is 5. The molecule has 0 saturated carbocycles. The fraction of sp³-hybridized carbons (Fsp3) is 0.800. The Hall–Kier alpha value is -1.99. The number of amides is 2. The number of aryl methyl sites for hydroxylation is 2. The van der Waals surface area contributed by atoms with Gasteiger partial charge in [-0.3, -0.25) is 9.59 Å². The second kappa shape index (κ2) is 6.25. The molecule has 0 aliphatic carbocycles. The molecule has 2 amide bonds. The van der Waals surface area contributed by atoms with Crippen molar-refractivity contribution >= 4 is 11.8 Å². The highest BCUT2D eigenvalue weighted by Crippen LogP contribution is 2.40. The van der Waals surface area contributed by atoms with Gasteiger partial charge in [-0.25, -0.2) is 4.68 Å². The van der Waals surface area contributed by atoms with Gasteiger partial charge in [-0.2, -0.15) is 0 Å². The summed E-state index contributed by atoms with van der Waals surface area (Å²) in [6, 6.07) is 0. The maximum atomic E-state index is 12.4. The number of rotatable bonds is 4. The minimum Gasteiger partial charge on any atom is -0.343 e. The number of carbonyl (C=O) groups excluding carboxylic acids is 2. The van der Waals surface area contributed by atoms with Crippen molar-refractivity contribution in [2.24, 2.45) is 5.41 Å². The first-order valence-electron chi connectivity index (χ1n) is 8.31. The summed E-state index contributed by atoms with van der Waals surface area (Å²) in [4.78, 5) is 28.2. The van der Waals surface area contributed by atoms with Gasteiger partial charge >= 0.3 is 0 Å². The van der Waals surface area contributed by atoms with Gasteiger partial charge in [0.2, 0.25) is 11.8 Å². The van der Waals surface area contributed by atoms with Gasteiger partial charge in [0.15, 0.2) is 0 Å². The van der Waals surface area contributed by atoms with E-state index in [1.54, 1.807) is 4.68 Å². The zero-order chi connectivity index (χ0) is 16.4. The highest BCUT2D eigenvalue weighted by molar-refractivity contribution is 5.80. The molecule has 2 saturated heterocycles. The van der Waals surface area contributed by atoms with Crippen molar-refractivity contribution in [3.8, 4) is 0 Å². The summed E-state index contributed by atoms with van der Waals surface area (Å²) in [5, 5.41) is 11.3. The van der Waals surface area contributed by atoms with Crippen LogP contribution in [0.15, 0.2) is 0 Å². The van der Waals surface area contributed by atoms with Crippen molar-refractivity contribution in [2.75, 3.05) is 26.2 Å². The van der Waals surface area contributed by atoms with Crippen LogP contribution in [0.1, 0.15) is 38.4 Å². The number of tetrazole rings is 1. The highest BCUT2D eigenvalue weighted by atomic mass is 16.2. The van der Waals surface area contributed by atoms with Crippen LogP contribution < -0.4 is 0 Å². The summed E-state index contributed by atoms with van der Waals surface area (Å²) in [5.74, 6) is 1.13. The lowest BCUT2D eigenvalue weighted by Gasteiger charge is -2.38. The molecular weight excluding hydrogens is 296 g/mol. The average Bonchev–Trinajstić information content (AvgIpc) is 3.09. The fourth-order valence-corrected chi connectivity index (χ4v) is 3.65. The largest absolute Gasteiger partial charge is 0.343 e. The lowest BCUT2D eigenvalue weighted by Crippen LogP contribution is -2.44. The number of nitrogens with zero attached hydrogens (tertiary/aromatic N) is 6. The molecule has 2 fully saturated rings. The molecule has 0 radical (unpaired) electrons. The van der Waals surface area contributed by atoms with Crippen LogP contribution >= 0.6 is 0 Å². The maximum absolute atomic E-state index is 12.4. The van der Waals surface area contributed by atoms with Gasteiger partial charge in [0.25, 0.3) is 0 Å². The van der Waals surface area contributed by atoms with E-state index in [2.05, 4.69) is 15.5 Å². The van der Waals surface area contributed by atoms with E-state index in [0.717, 1.165) is 44.8 Å². The lowest BCUT2D eigenvalue weighted by atomic mass is 9.77. The van der Waals surface area contributed by atoms with Crippen LogP contribution in [0.3, 0.4) is 0 Å². The van der Waals surface area contributed by atoms with E-state index < -0.39 is 0 Å². The molecule has 126 valence electrons. The van der Waals surface area contributed by atoms with Crippen molar-refractivity contribution in [2.45, 2.75) is 46.1 Å². The zero-order valence-electron chi connectivity index (χ0n) is 13.9. The summed E-state index contributed by atoms with van der Waals surface area (Å²) in [6.07, 6.45) is 2.90. The Bertz CT molecular complexity index is 591. The number of piperidine rings is 1. The standard InChI is InChI=1S/C15H24N6O2/c1-3-19-11-15(10-14(19)23)5-8-20(9-6-15)13(22)4-7-21-12(2)16-17-18-21/h3-11H2,1-2H3. The highest BCUT2D eigenvalue weighted by Gasteiger charge is 2.44. The molecule has 8 nitrogen and oxygen atoms in total. The van der Waals surface area contributed by atoms with E-state index in [1.165, 1.54) is 0 Å². The van der Waals surface area contributed by atoms with E-state index in [0.29, 0.717) is 19.4 Å². The van der Waals surface area contributed by atoms with Gasteiger partial charge < -0.3 is 9.80 Å². The predicted molar refractivity (Wildman–Crippen MR) is 82.3 cm³/mol.